The number of rotatable bonds is 2. The molecule has 0 aliphatic carbocycles. The fourth-order valence-corrected chi connectivity index (χ4v) is 5.75. The lowest BCUT2D eigenvalue weighted by Crippen LogP contribution is -1.94. The van der Waals surface area contributed by atoms with Crippen LogP contribution in [0.1, 0.15) is 26.2 Å². The molecule has 76 valence electrons. The van der Waals surface area contributed by atoms with Crippen molar-refractivity contribution in [2.24, 2.45) is 0 Å². The molecule has 0 aromatic rings. The molecule has 2 heterocycles. The highest BCUT2D eigenvalue weighted by Crippen LogP contribution is 2.39. The van der Waals surface area contributed by atoms with E-state index in [0.29, 0.717) is 0 Å². The van der Waals surface area contributed by atoms with Gasteiger partial charge in [-0.1, -0.05) is 62.6 Å². The lowest BCUT2D eigenvalue weighted by atomic mass is 10.2. The van der Waals surface area contributed by atoms with Gasteiger partial charge in [-0.3, -0.25) is 0 Å². The van der Waals surface area contributed by atoms with Gasteiger partial charge >= 0.3 is 0 Å². The van der Waals surface area contributed by atoms with Crippen LogP contribution in [0.5, 0.6) is 0 Å². The van der Waals surface area contributed by atoms with Crippen molar-refractivity contribution in [2.45, 2.75) is 31.4 Å². The van der Waals surface area contributed by atoms with E-state index >= 15 is 0 Å². The molecule has 0 amide bonds. The molecule has 0 aromatic heterocycles. The van der Waals surface area contributed by atoms with E-state index in [2.05, 4.69) is 29.2 Å². The fourth-order valence-electron chi connectivity index (χ4n) is 1.08. The van der Waals surface area contributed by atoms with Crippen LogP contribution in [0.3, 0.4) is 0 Å². The van der Waals surface area contributed by atoms with E-state index in [-0.39, 0.29) is 0 Å². The van der Waals surface area contributed by atoms with Gasteiger partial charge in [-0.15, -0.1) is 0 Å². The van der Waals surface area contributed by atoms with Crippen LogP contribution >= 0.6 is 43.2 Å². The molecule has 1 unspecified atom stereocenters. The predicted octanol–water partition coefficient (Wildman–Crippen LogP) is 4.84. The maximum atomic E-state index is 2.27. The highest BCUT2D eigenvalue weighted by molar-refractivity contribution is 8.78. The van der Waals surface area contributed by atoms with E-state index in [4.69, 9.17) is 0 Å². The zero-order valence-corrected chi connectivity index (χ0v) is 11.2. The lowest BCUT2D eigenvalue weighted by molar-refractivity contribution is 0.732. The van der Waals surface area contributed by atoms with Gasteiger partial charge in [0.05, 0.1) is 0 Å². The second kappa shape index (κ2) is 8.45. The Hall–Kier alpha value is 1.14. The zero-order chi connectivity index (χ0) is 9.36. The third kappa shape index (κ3) is 6.26. The van der Waals surface area contributed by atoms with Crippen LogP contribution in [-0.2, 0) is 0 Å². The Kier molecular flexibility index (Phi) is 7.94. The predicted molar refractivity (Wildman–Crippen MR) is 72.6 cm³/mol. The summed E-state index contributed by atoms with van der Waals surface area (Å²) in [6, 6.07) is 0. The molecule has 1 atom stereocenters. The largest absolute Gasteiger partial charge is 0.0938 e. The second-order valence-corrected chi connectivity index (χ2v) is 7.98. The van der Waals surface area contributed by atoms with Crippen molar-refractivity contribution in [1.82, 2.24) is 0 Å². The van der Waals surface area contributed by atoms with Crippen molar-refractivity contribution in [3.05, 3.63) is 11.5 Å². The van der Waals surface area contributed by atoms with Crippen LogP contribution in [0.2, 0.25) is 0 Å². The normalized spacial score (nSPS) is 25.8. The SMILES string of the molecule is C1=CSSC1.CCCC1CCSS1. The molecule has 0 nitrogen and oxygen atoms in total. The summed E-state index contributed by atoms with van der Waals surface area (Å²) in [5, 5.41) is 3.11. The second-order valence-electron chi connectivity index (χ2n) is 2.87. The van der Waals surface area contributed by atoms with Crippen LogP contribution in [-0.4, -0.2) is 16.8 Å². The summed E-state index contributed by atoms with van der Waals surface area (Å²) < 4.78 is 0. The molecule has 1 saturated heterocycles. The minimum Gasteiger partial charge on any atom is -0.0938 e. The quantitative estimate of drug-likeness (QED) is 0.645. The first-order valence-electron chi connectivity index (χ1n) is 4.65. The lowest BCUT2D eigenvalue weighted by Gasteiger charge is -2.01. The average Bonchev–Trinajstić information content (AvgIpc) is 2.79. The highest BCUT2D eigenvalue weighted by Gasteiger charge is 2.14. The Bertz CT molecular complexity index is 135. The van der Waals surface area contributed by atoms with Crippen LogP contribution in [0.4, 0.5) is 0 Å². The van der Waals surface area contributed by atoms with Crippen LogP contribution in [0.25, 0.3) is 0 Å². The smallest absolute Gasteiger partial charge is 0.0229 e. The van der Waals surface area contributed by atoms with Crippen molar-refractivity contribution in [2.75, 3.05) is 11.5 Å². The Labute approximate surface area is 97.3 Å². The zero-order valence-electron chi connectivity index (χ0n) is 7.90. The van der Waals surface area contributed by atoms with Gasteiger partial charge in [0.25, 0.3) is 0 Å². The summed E-state index contributed by atoms with van der Waals surface area (Å²) in [6.07, 6.45) is 6.40. The van der Waals surface area contributed by atoms with E-state index in [1.54, 1.807) is 0 Å². The summed E-state index contributed by atoms with van der Waals surface area (Å²) in [6.45, 7) is 2.27. The topological polar surface area (TPSA) is 0 Å². The molecule has 1 fully saturated rings. The molecule has 2 aliphatic rings. The van der Waals surface area contributed by atoms with E-state index in [1.807, 2.05) is 32.4 Å². The van der Waals surface area contributed by atoms with Crippen molar-refractivity contribution in [3.63, 3.8) is 0 Å². The summed E-state index contributed by atoms with van der Waals surface area (Å²) >= 11 is 0. The molecular weight excluding hydrogens is 236 g/mol. The van der Waals surface area contributed by atoms with Crippen LogP contribution < -0.4 is 0 Å². The Morgan fingerprint density at radius 1 is 1.38 bits per heavy atom. The van der Waals surface area contributed by atoms with E-state index < -0.39 is 0 Å². The number of hydrogen-bond donors (Lipinski definition) is 0. The third-order valence-electron chi connectivity index (χ3n) is 1.72. The summed E-state index contributed by atoms with van der Waals surface area (Å²) in [5.74, 6) is 2.58. The van der Waals surface area contributed by atoms with E-state index in [0.717, 1.165) is 5.25 Å². The summed E-state index contributed by atoms with van der Waals surface area (Å²) in [4.78, 5) is 0. The standard InChI is InChI=1S/C6H12S2.C3H4S2/c1-2-3-6-4-5-7-8-6;1-2-4-5-3-1/h6H,2-5H2,1H3;1-2H,3H2. The molecule has 0 aromatic carbocycles. The first-order chi connectivity index (χ1) is 6.43. The van der Waals surface area contributed by atoms with Crippen molar-refractivity contribution in [3.8, 4) is 0 Å². The van der Waals surface area contributed by atoms with Gasteiger partial charge in [-0.05, 0) is 18.2 Å². The molecule has 0 bridgehead atoms. The average molecular weight is 252 g/mol. The van der Waals surface area contributed by atoms with Gasteiger partial charge in [0.2, 0.25) is 0 Å². The summed E-state index contributed by atoms with van der Waals surface area (Å²) in [5.41, 5.74) is 0. The molecule has 4 heteroatoms. The first kappa shape index (κ1) is 12.2. The minimum atomic E-state index is 0.991. The molecule has 13 heavy (non-hydrogen) atoms. The van der Waals surface area contributed by atoms with Crippen molar-refractivity contribution < 1.29 is 0 Å². The minimum absolute atomic E-state index is 0.991. The van der Waals surface area contributed by atoms with Crippen LogP contribution in [0, 0.1) is 0 Å². The molecule has 2 aliphatic heterocycles. The van der Waals surface area contributed by atoms with Gasteiger partial charge in [-0.25, -0.2) is 0 Å². The Balaban J connectivity index is 0.000000145. The Morgan fingerprint density at radius 3 is 2.69 bits per heavy atom. The Morgan fingerprint density at radius 2 is 2.31 bits per heavy atom. The molecular formula is C9H16S4. The molecule has 0 spiro atoms. The van der Waals surface area contributed by atoms with Crippen molar-refractivity contribution >= 4 is 43.2 Å². The van der Waals surface area contributed by atoms with Gasteiger partial charge in [0.1, 0.15) is 0 Å². The highest BCUT2D eigenvalue weighted by atomic mass is 33.1. The molecule has 2 rings (SSSR count). The van der Waals surface area contributed by atoms with E-state index in [9.17, 15) is 0 Å². The van der Waals surface area contributed by atoms with Gasteiger partial charge in [0, 0.05) is 16.8 Å². The first-order valence-corrected chi connectivity index (χ1v) is 9.41. The molecule has 0 saturated carbocycles. The molecule has 0 N–H and O–H groups in total. The summed E-state index contributed by atoms with van der Waals surface area (Å²) in [7, 11) is 7.81. The van der Waals surface area contributed by atoms with Gasteiger partial charge in [-0.2, -0.15) is 0 Å². The molecule has 0 radical (unpaired) electrons. The fraction of sp³-hybridized carbons (Fsp3) is 0.778. The monoisotopic (exact) mass is 252 g/mol. The van der Waals surface area contributed by atoms with Gasteiger partial charge < -0.3 is 0 Å². The van der Waals surface area contributed by atoms with Gasteiger partial charge in [0.15, 0.2) is 0 Å². The maximum absolute atomic E-state index is 2.27. The maximum Gasteiger partial charge on any atom is 0.0229 e. The van der Waals surface area contributed by atoms with E-state index in [1.165, 1.54) is 30.8 Å². The number of hydrogen-bond acceptors (Lipinski definition) is 4. The third-order valence-corrected chi connectivity index (χ3v) is 6.65. The van der Waals surface area contributed by atoms with Crippen molar-refractivity contribution in [1.29, 1.82) is 0 Å². The van der Waals surface area contributed by atoms with Crippen LogP contribution in [0.15, 0.2) is 11.5 Å².